The van der Waals surface area contributed by atoms with Crippen molar-refractivity contribution in [3.05, 3.63) is 22.4 Å². The second kappa shape index (κ2) is 6.22. The fraction of sp³-hybridized carbons (Fsp3) is 0.667. The van der Waals surface area contributed by atoms with Crippen LogP contribution in [0.15, 0.2) is 17.5 Å². The second-order valence-electron chi connectivity index (χ2n) is 6.58. The maximum absolute atomic E-state index is 12.5. The van der Waals surface area contributed by atoms with E-state index in [9.17, 15) is 4.79 Å². The molecular formula is C15H25NOSSi. The first kappa shape index (κ1) is 14.8. The van der Waals surface area contributed by atoms with Gasteiger partial charge in [0, 0.05) is 24.4 Å². The monoisotopic (exact) mass is 295 g/mol. The van der Waals surface area contributed by atoms with E-state index in [1.54, 1.807) is 0 Å². The summed E-state index contributed by atoms with van der Waals surface area (Å²) in [5.41, 5.74) is 0.474. The summed E-state index contributed by atoms with van der Waals surface area (Å²) in [6.07, 6.45) is 4.37. The Labute approximate surface area is 121 Å². The highest BCUT2D eigenvalue weighted by atomic mass is 32.1. The predicted molar refractivity (Wildman–Crippen MR) is 85.5 cm³/mol. The maximum Gasteiger partial charge on any atom is 0.222 e. The normalized spacial score (nSPS) is 18.4. The minimum absolute atomic E-state index is 0.375. The molecule has 0 N–H and O–H groups in total. The van der Waals surface area contributed by atoms with Crippen molar-refractivity contribution in [3.63, 3.8) is 0 Å². The minimum Gasteiger partial charge on any atom is -0.343 e. The lowest BCUT2D eigenvalue weighted by Crippen LogP contribution is -2.40. The van der Waals surface area contributed by atoms with Gasteiger partial charge >= 0.3 is 0 Å². The summed E-state index contributed by atoms with van der Waals surface area (Å²) >= 11 is 1.81. The third kappa shape index (κ3) is 3.92. The van der Waals surface area contributed by atoms with Gasteiger partial charge in [-0.1, -0.05) is 25.7 Å². The van der Waals surface area contributed by atoms with Gasteiger partial charge < -0.3 is 4.90 Å². The van der Waals surface area contributed by atoms with Gasteiger partial charge in [-0.2, -0.15) is 0 Å². The van der Waals surface area contributed by atoms with Crippen LogP contribution in [0.3, 0.4) is 0 Å². The lowest BCUT2D eigenvalue weighted by atomic mass is 10.1. The molecule has 19 heavy (non-hydrogen) atoms. The van der Waals surface area contributed by atoms with Crippen LogP contribution in [-0.2, 0) is 4.79 Å². The summed E-state index contributed by atoms with van der Waals surface area (Å²) in [6.45, 7) is 9.08. The molecule has 1 amide bonds. The summed E-state index contributed by atoms with van der Waals surface area (Å²) in [6, 6.07) is 4.32. The zero-order valence-corrected chi connectivity index (χ0v) is 14.1. The number of hydrogen-bond acceptors (Lipinski definition) is 2. The molecule has 1 aromatic rings. The van der Waals surface area contributed by atoms with Crippen molar-refractivity contribution in [3.8, 4) is 0 Å². The second-order valence-corrected chi connectivity index (χ2v) is 13.0. The first-order chi connectivity index (χ1) is 8.98. The van der Waals surface area contributed by atoms with E-state index in [-0.39, 0.29) is 0 Å². The minimum atomic E-state index is -1.35. The van der Waals surface area contributed by atoms with Gasteiger partial charge in [0.05, 0.1) is 8.07 Å². The van der Waals surface area contributed by atoms with Crippen LogP contribution in [0.5, 0.6) is 0 Å². The highest BCUT2D eigenvalue weighted by molar-refractivity contribution is 7.10. The molecule has 0 radical (unpaired) electrons. The Morgan fingerprint density at radius 1 is 1.32 bits per heavy atom. The number of nitrogens with zero attached hydrogens (tertiary/aromatic N) is 1. The summed E-state index contributed by atoms with van der Waals surface area (Å²) in [5, 5.41) is 2.13. The molecule has 1 atom stereocenters. The molecule has 2 heterocycles. The number of amides is 1. The van der Waals surface area contributed by atoms with E-state index in [1.165, 1.54) is 24.1 Å². The molecule has 2 rings (SSSR count). The van der Waals surface area contributed by atoms with Gasteiger partial charge in [0.25, 0.3) is 0 Å². The smallest absolute Gasteiger partial charge is 0.222 e. The molecule has 0 spiro atoms. The molecule has 0 bridgehead atoms. The summed E-state index contributed by atoms with van der Waals surface area (Å²) in [4.78, 5) is 16.0. The number of thiophene rings is 1. The van der Waals surface area contributed by atoms with Crippen LogP contribution in [0.4, 0.5) is 0 Å². The Hall–Kier alpha value is -0.613. The number of carbonyl (C=O) groups excluding carboxylic acids is 1. The standard InChI is InChI=1S/C15H25NOSSi/c1-19(2,3)14(13-8-7-11-18-13)12-15(17)16-9-5-4-6-10-16/h7-8,11,14H,4-6,9-10,12H2,1-3H3. The van der Waals surface area contributed by atoms with Crippen molar-refractivity contribution in [1.29, 1.82) is 0 Å². The molecular weight excluding hydrogens is 270 g/mol. The fourth-order valence-electron chi connectivity index (χ4n) is 2.77. The predicted octanol–water partition coefficient (Wildman–Crippen LogP) is 4.11. The molecule has 0 saturated carbocycles. The first-order valence-electron chi connectivity index (χ1n) is 7.29. The lowest BCUT2D eigenvalue weighted by Gasteiger charge is -2.32. The Morgan fingerprint density at radius 2 is 2.00 bits per heavy atom. The quantitative estimate of drug-likeness (QED) is 0.765. The fourth-order valence-corrected chi connectivity index (χ4v) is 6.49. The largest absolute Gasteiger partial charge is 0.343 e. The molecule has 2 nitrogen and oxygen atoms in total. The van der Waals surface area contributed by atoms with Crippen LogP contribution >= 0.6 is 11.3 Å². The Kier molecular flexibility index (Phi) is 4.85. The van der Waals surface area contributed by atoms with Crippen molar-refractivity contribution in [2.75, 3.05) is 13.1 Å². The third-order valence-electron chi connectivity index (χ3n) is 4.02. The maximum atomic E-state index is 12.5. The first-order valence-corrected chi connectivity index (χ1v) is 11.8. The highest BCUT2D eigenvalue weighted by Crippen LogP contribution is 2.34. The van der Waals surface area contributed by atoms with E-state index in [2.05, 4.69) is 42.1 Å². The van der Waals surface area contributed by atoms with Gasteiger partial charge in [-0.3, -0.25) is 4.79 Å². The van der Waals surface area contributed by atoms with Gasteiger partial charge in [-0.15, -0.1) is 11.3 Å². The van der Waals surface area contributed by atoms with Crippen LogP contribution in [0, 0.1) is 0 Å². The van der Waals surface area contributed by atoms with Crippen molar-refractivity contribution in [2.45, 2.75) is 50.9 Å². The number of likely N-dealkylation sites (tertiary alicyclic amines) is 1. The summed E-state index contributed by atoms with van der Waals surface area (Å²) in [5.74, 6) is 0.375. The number of rotatable bonds is 4. The zero-order valence-electron chi connectivity index (χ0n) is 12.3. The van der Waals surface area contributed by atoms with E-state index in [1.807, 2.05) is 11.3 Å². The number of piperidine rings is 1. The van der Waals surface area contributed by atoms with E-state index in [0.717, 1.165) is 19.5 Å². The SMILES string of the molecule is C[Si](C)(C)C(CC(=O)N1CCCCC1)c1cccs1. The van der Waals surface area contributed by atoms with Gasteiger partial charge in [0.2, 0.25) is 5.91 Å². The molecule has 4 heteroatoms. The number of hydrogen-bond donors (Lipinski definition) is 0. The van der Waals surface area contributed by atoms with E-state index in [0.29, 0.717) is 11.4 Å². The highest BCUT2D eigenvalue weighted by Gasteiger charge is 2.32. The molecule has 1 aromatic heterocycles. The molecule has 1 unspecified atom stereocenters. The Morgan fingerprint density at radius 3 is 2.53 bits per heavy atom. The average molecular weight is 296 g/mol. The van der Waals surface area contributed by atoms with Crippen molar-refractivity contribution in [1.82, 2.24) is 4.90 Å². The summed E-state index contributed by atoms with van der Waals surface area (Å²) in [7, 11) is -1.35. The van der Waals surface area contributed by atoms with Gasteiger partial charge in [-0.05, 0) is 36.3 Å². The Bertz CT molecular complexity index is 404. The average Bonchev–Trinajstić information content (AvgIpc) is 2.88. The van der Waals surface area contributed by atoms with Crippen LogP contribution in [0.25, 0.3) is 0 Å². The number of carbonyl (C=O) groups is 1. The molecule has 1 aliphatic heterocycles. The van der Waals surface area contributed by atoms with Gasteiger partial charge in [0.1, 0.15) is 0 Å². The van der Waals surface area contributed by atoms with E-state index >= 15 is 0 Å². The van der Waals surface area contributed by atoms with Crippen molar-refractivity contribution in [2.24, 2.45) is 0 Å². The van der Waals surface area contributed by atoms with Gasteiger partial charge in [0.15, 0.2) is 0 Å². The molecule has 1 fully saturated rings. The molecule has 1 aliphatic rings. The topological polar surface area (TPSA) is 20.3 Å². The van der Waals surface area contributed by atoms with Crippen molar-refractivity contribution < 1.29 is 4.79 Å². The Balaban J connectivity index is 2.06. The van der Waals surface area contributed by atoms with Crippen LogP contribution < -0.4 is 0 Å². The zero-order chi connectivity index (χ0) is 13.9. The van der Waals surface area contributed by atoms with Crippen LogP contribution in [0.1, 0.15) is 36.1 Å². The molecule has 0 aliphatic carbocycles. The summed E-state index contributed by atoms with van der Waals surface area (Å²) < 4.78 is 0. The lowest BCUT2D eigenvalue weighted by molar-refractivity contribution is -0.132. The van der Waals surface area contributed by atoms with Crippen LogP contribution in [-0.4, -0.2) is 32.0 Å². The van der Waals surface area contributed by atoms with Crippen molar-refractivity contribution >= 4 is 25.3 Å². The molecule has 1 saturated heterocycles. The molecule has 0 aromatic carbocycles. The van der Waals surface area contributed by atoms with E-state index < -0.39 is 8.07 Å². The third-order valence-corrected chi connectivity index (χ3v) is 7.82. The van der Waals surface area contributed by atoms with E-state index in [4.69, 9.17) is 0 Å². The van der Waals surface area contributed by atoms with Gasteiger partial charge in [-0.25, -0.2) is 0 Å². The van der Waals surface area contributed by atoms with Crippen LogP contribution in [0.2, 0.25) is 19.6 Å². The molecule has 106 valence electrons.